The molecule has 2 atom stereocenters. The minimum absolute atomic E-state index is 0. The molecular weight excluding hydrogens is 207 g/mol. The monoisotopic (exact) mass is 226 g/mol. The van der Waals surface area contributed by atoms with Crippen molar-refractivity contribution in [2.75, 3.05) is 19.6 Å². The lowest BCUT2D eigenvalue weighted by atomic mass is 10.00. The van der Waals surface area contributed by atoms with E-state index in [9.17, 15) is 0 Å². The normalized spacial score (nSPS) is 33.0. The number of hydrogen-bond acceptors (Lipinski definition) is 2. The molecule has 0 saturated carbocycles. The smallest absolute Gasteiger partial charge is 0.00989 e. The number of halogens is 2. The third kappa shape index (κ3) is 2.98. The van der Waals surface area contributed by atoms with Crippen molar-refractivity contribution in [3.63, 3.8) is 0 Å². The molecule has 0 aromatic heterocycles. The number of hydrogen-bond donors (Lipinski definition) is 1. The second-order valence-corrected chi connectivity index (χ2v) is 3.98. The topological polar surface area (TPSA) is 29.3 Å². The van der Waals surface area contributed by atoms with Crippen molar-refractivity contribution in [3.05, 3.63) is 0 Å². The highest BCUT2D eigenvalue weighted by Gasteiger charge is 2.32. The Labute approximate surface area is 93.1 Å². The van der Waals surface area contributed by atoms with Crippen LogP contribution in [0.3, 0.4) is 0 Å². The van der Waals surface area contributed by atoms with Crippen LogP contribution in [-0.2, 0) is 0 Å². The largest absolute Gasteiger partial charge is 0.330 e. The van der Waals surface area contributed by atoms with Gasteiger partial charge in [0.15, 0.2) is 0 Å². The first-order valence-electron chi connectivity index (χ1n) is 4.84. The van der Waals surface area contributed by atoms with Crippen LogP contribution in [0.25, 0.3) is 0 Å². The van der Waals surface area contributed by atoms with Gasteiger partial charge >= 0.3 is 0 Å². The summed E-state index contributed by atoms with van der Waals surface area (Å²) in [4.78, 5) is 2.64. The van der Waals surface area contributed by atoms with Gasteiger partial charge in [-0.05, 0) is 38.3 Å². The maximum atomic E-state index is 5.66. The molecule has 2 fully saturated rings. The van der Waals surface area contributed by atoms with E-state index >= 15 is 0 Å². The summed E-state index contributed by atoms with van der Waals surface area (Å²) in [6, 6.07) is 0.900. The Balaban J connectivity index is 0.000000720. The first-order valence-corrected chi connectivity index (χ1v) is 4.84. The average Bonchev–Trinajstić information content (AvgIpc) is 2.46. The van der Waals surface area contributed by atoms with Crippen molar-refractivity contribution < 1.29 is 0 Å². The number of rotatable bonds is 1. The fraction of sp³-hybridized carbons (Fsp3) is 1.00. The summed E-state index contributed by atoms with van der Waals surface area (Å²) in [5.74, 6) is 0.804. The van der Waals surface area contributed by atoms with Crippen LogP contribution in [0.15, 0.2) is 0 Å². The average molecular weight is 227 g/mol. The summed E-state index contributed by atoms with van der Waals surface area (Å²) in [5, 5.41) is 0. The highest BCUT2D eigenvalue weighted by molar-refractivity contribution is 5.85. The van der Waals surface area contributed by atoms with Crippen LogP contribution in [0.2, 0.25) is 0 Å². The molecule has 2 unspecified atom stereocenters. The van der Waals surface area contributed by atoms with Crippen molar-refractivity contribution in [1.29, 1.82) is 0 Å². The zero-order valence-electron chi connectivity index (χ0n) is 7.95. The fourth-order valence-corrected chi connectivity index (χ4v) is 2.53. The Morgan fingerprint density at radius 3 is 2.62 bits per heavy atom. The van der Waals surface area contributed by atoms with Crippen LogP contribution >= 0.6 is 24.8 Å². The lowest BCUT2D eigenvalue weighted by Gasteiger charge is -2.28. The van der Waals surface area contributed by atoms with Gasteiger partial charge in [-0.15, -0.1) is 24.8 Å². The molecule has 2 aliphatic rings. The number of piperidine rings is 1. The van der Waals surface area contributed by atoms with Gasteiger partial charge in [-0.1, -0.05) is 6.42 Å². The van der Waals surface area contributed by atoms with Gasteiger partial charge in [-0.2, -0.15) is 0 Å². The van der Waals surface area contributed by atoms with Gasteiger partial charge in [-0.3, -0.25) is 0 Å². The van der Waals surface area contributed by atoms with E-state index in [4.69, 9.17) is 5.73 Å². The number of fused-ring (bicyclic) bond motifs is 1. The van der Waals surface area contributed by atoms with Crippen LogP contribution in [0.1, 0.15) is 25.7 Å². The Kier molecular flexibility index (Phi) is 6.31. The molecule has 80 valence electrons. The van der Waals surface area contributed by atoms with Gasteiger partial charge in [0, 0.05) is 12.6 Å². The Morgan fingerprint density at radius 1 is 1.23 bits per heavy atom. The van der Waals surface area contributed by atoms with Gasteiger partial charge in [0.1, 0.15) is 0 Å². The maximum absolute atomic E-state index is 5.66. The first kappa shape index (κ1) is 13.5. The number of nitrogens with zero attached hydrogens (tertiary/aromatic N) is 1. The lowest BCUT2D eigenvalue weighted by molar-refractivity contribution is 0.196. The van der Waals surface area contributed by atoms with Gasteiger partial charge < -0.3 is 10.6 Å². The van der Waals surface area contributed by atoms with Crippen LogP contribution in [0.4, 0.5) is 0 Å². The predicted molar refractivity (Wildman–Crippen MR) is 60.9 cm³/mol. The molecule has 2 N–H and O–H groups in total. The molecule has 2 saturated heterocycles. The molecule has 2 nitrogen and oxygen atoms in total. The molecule has 13 heavy (non-hydrogen) atoms. The van der Waals surface area contributed by atoms with Crippen LogP contribution in [-0.4, -0.2) is 30.6 Å². The van der Waals surface area contributed by atoms with Gasteiger partial charge in [0.2, 0.25) is 0 Å². The molecule has 2 aliphatic heterocycles. The maximum Gasteiger partial charge on any atom is 0.00989 e. The van der Waals surface area contributed by atoms with E-state index in [0.29, 0.717) is 0 Å². The van der Waals surface area contributed by atoms with Crippen LogP contribution in [0, 0.1) is 5.92 Å². The lowest BCUT2D eigenvalue weighted by Crippen LogP contribution is -2.34. The molecule has 0 radical (unpaired) electrons. The molecule has 0 aromatic carbocycles. The van der Waals surface area contributed by atoms with E-state index in [-0.39, 0.29) is 24.8 Å². The second-order valence-electron chi connectivity index (χ2n) is 3.98. The Morgan fingerprint density at radius 2 is 2.00 bits per heavy atom. The SMILES string of the molecule is Cl.Cl.NCC1CC2CCCCN2C1. The van der Waals surface area contributed by atoms with Crippen molar-refractivity contribution in [3.8, 4) is 0 Å². The van der Waals surface area contributed by atoms with Crippen molar-refractivity contribution in [1.82, 2.24) is 4.90 Å². The molecule has 0 aromatic rings. The fourth-order valence-electron chi connectivity index (χ4n) is 2.53. The summed E-state index contributed by atoms with van der Waals surface area (Å²) in [7, 11) is 0. The highest BCUT2D eigenvalue weighted by atomic mass is 35.5. The third-order valence-corrected chi connectivity index (χ3v) is 3.18. The predicted octanol–water partition coefficient (Wildman–Crippen LogP) is 1.66. The first-order chi connectivity index (χ1) is 5.40. The quantitative estimate of drug-likeness (QED) is 0.738. The van der Waals surface area contributed by atoms with E-state index in [1.165, 1.54) is 38.8 Å². The van der Waals surface area contributed by atoms with E-state index in [1.807, 2.05) is 0 Å². The van der Waals surface area contributed by atoms with Crippen LogP contribution in [0.5, 0.6) is 0 Å². The number of nitrogens with two attached hydrogens (primary N) is 1. The zero-order chi connectivity index (χ0) is 7.68. The standard InChI is InChI=1S/C9H18N2.2ClH/c10-6-8-5-9-3-1-2-4-11(9)7-8;;/h8-9H,1-7,10H2;2*1H. The van der Waals surface area contributed by atoms with Gasteiger partial charge in [0.05, 0.1) is 0 Å². The summed E-state index contributed by atoms with van der Waals surface area (Å²) in [5.41, 5.74) is 5.66. The highest BCUT2D eigenvalue weighted by Crippen LogP contribution is 2.29. The van der Waals surface area contributed by atoms with Crippen molar-refractivity contribution >= 4 is 24.8 Å². The molecule has 4 heteroatoms. The Hall–Kier alpha value is 0.500. The molecule has 0 amide bonds. The van der Waals surface area contributed by atoms with Crippen molar-refractivity contribution in [2.24, 2.45) is 11.7 Å². The van der Waals surface area contributed by atoms with E-state index in [1.54, 1.807) is 0 Å². The van der Waals surface area contributed by atoms with Gasteiger partial charge in [0.25, 0.3) is 0 Å². The van der Waals surface area contributed by atoms with E-state index in [0.717, 1.165) is 18.5 Å². The molecule has 2 rings (SSSR count). The molecule has 0 spiro atoms. The minimum Gasteiger partial charge on any atom is -0.330 e. The summed E-state index contributed by atoms with van der Waals surface area (Å²) >= 11 is 0. The molecule has 0 bridgehead atoms. The minimum atomic E-state index is 0. The zero-order valence-corrected chi connectivity index (χ0v) is 9.58. The Bertz CT molecular complexity index is 130. The van der Waals surface area contributed by atoms with E-state index < -0.39 is 0 Å². The third-order valence-electron chi connectivity index (χ3n) is 3.18. The van der Waals surface area contributed by atoms with Gasteiger partial charge in [-0.25, -0.2) is 0 Å². The second kappa shape index (κ2) is 6.07. The summed E-state index contributed by atoms with van der Waals surface area (Å²) < 4.78 is 0. The summed E-state index contributed by atoms with van der Waals surface area (Å²) in [6.45, 7) is 3.51. The molecule has 0 aliphatic carbocycles. The van der Waals surface area contributed by atoms with Crippen LogP contribution < -0.4 is 5.73 Å². The van der Waals surface area contributed by atoms with E-state index in [2.05, 4.69) is 4.90 Å². The summed E-state index contributed by atoms with van der Waals surface area (Å²) in [6.07, 6.45) is 5.65. The molecular formula is C9H20Cl2N2. The van der Waals surface area contributed by atoms with Crippen molar-refractivity contribution in [2.45, 2.75) is 31.7 Å². The molecule has 2 heterocycles.